The molecule has 0 aliphatic rings. The van der Waals surface area contributed by atoms with Gasteiger partial charge >= 0.3 is 0 Å². The minimum Gasteiger partial charge on any atom is -0.284 e. The maximum Gasteiger partial charge on any atom is 0.254 e. The molecule has 23 heavy (non-hydrogen) atoms. The van der Waals surface area contributed by atoms with Crippen molar-refractivity contribution in [3.8, 4) is 11.3 Å². The lowest BCUT2D eigenvalue weighted by atomic mass is 9.86. The van der Waals surface area contributed by atoms with Gasteiger partial charge in [0.1, 0.15) is 0 Å². The summed E-state index contributed by atoms with van der Waals surface area (Å²) in [5.74, 6) is -0.139. The minimum atomic E-state index is -0.139. The molecule has 3 rings (SSSR count). The Morgan fingerprint density at radius 1 is 1.13 bits per heavy atom. The van der Waals surface area contributed by atoms with Gasteiger partial charge in [-0.1, -0.05) is 51.6 Å². The Kier molecular flexibility index (Phi) is 3.64. The number of benzene rings is 1. The minimum absolute atomic E-state index is 0.123. The van der Waals surface area contributed by atoms with E-state index < -0.39 is 0 Å². The van der Waals surface area contributed by atoms with E-state index in [0.717, 1.165) is 22.2 Å². The molecule has 0 bridgehead atoms. The molecule has 0 aliphatic heterocycles. The zero-order valence-corrected chi connectivity index (χ0v) is 13.7. The standard InChI is InChI=1S/C20H20N2O/c1-5-18(23)22-13-11-16-17(22)10-12-21-19(16)14-6-8-15(9-7-14)20(2,3)4/h5-13H,1H2,2-4H3. The normalized spacial score (nSPS) is 11.6. The number of hydrogen-bond donors (Lipinski definition) is 0. The lowest BCUT2D eigenvalue weighted by Gasteiger charge is -2.19. The molecular formula is C20H20N2O. The molecule has 116 valence electrons. The summed E-state index contributed by atoms with van der Waals surface area (Å²) in [7, 11) is 0. The first-order chi connectivity index (χ1) is 10.9. The molecule has 0 aliphatic carbocycles. The second-order valence-electron chi connectivity index (χ2n) is 6.65. The monoisotopic (exact) mass is 304 g/mol. The molecule has 0 N–H and O–H groups in total. The van der Waals surface area contributed by atoms with Gasteiger partial charge in [0.2, 0.25) is 0 Å². The highest BCUT2D eigenvalue weighted by Gasteiger charge is 2.15. The van der Waals surface area contributed by atoms with Crippen LogP contribution in [0.3, 0.4) is 0 Å². The predicted octanol–water partition coefficient (Wildman–Crippen LogP) is 4.83. The van der Waals surface area contributed by atoms with Gasteiger partial charge in [-0.05, 0) is 29.2 Å². The number of allylic oxidation sites excluding steroid dienone is 1. The van der Waals surface area contributed by atoms with Gasteiger partial charge in [-0.25, -0.2) is 0 Å². The maximum atomic E-state index is 11.9. The number of pyridine rings is 1. The van der Waals surface area contributed by atoms with Crippen molar-refractivity contribution >= 4 is 16.8 Å². The summed E-state index contributed by atoms with van der Waals surface area (Å²) >= 11 is 0. The van der Waals surface area contributed by atoms with E-state index in [2.05, 4.69) is 56.6 Å². The number of carbonyl (C=O) groups excluding carboxylic acids is 1. The van der Waals surface area contributed by atoms with Gasteiger partial charge in [0.15, 0.2) is 0 Å². The number of aromatic nitrogens is 2. The van der Waals surface area contributed by atoms with Crippen LogP contribution in [-0.4, -0.2) is 15.5 Å². The molecule has 0 saturated heterocycles. The first kappa shape index (κ1) is 15.2. The number of nitrogens with zero attached hydrogens (tertiary/aromatic N) is 2. The van der Waals surface area contributed by atoms with Crippen molar-refractivity contribution < 1.29 is 4.79 Å². The van der Waals surface area contributed by atoms with Crippen LogP contribution in [0.15, 0.2) is 61.4 Å². The van der Waals surface area contributed by atoms with Crippen LogP contribution in [0.4, 0.5) is 0 Å². The summed E-state index contributed by atoms with van der Waals surface area (Å²) < 4.78 is 1.59. The number of hydrogen-bond acceptors (Lipinski definition) is 2. The van der Waals surface area contributed by atoms with Crippen molar-refractivity contribution in [3.63, 3.8) is 0 Å². The molecule has 0 radical (unpaired) electrons. The van der Waals surface area contributed by atoms with Crippen LogP contribution in [-0.2, 0) is 5.41 Å². The second-order valence-corrected chi connectivity index (χ2v) is 6.65. The summed E-state index contributed by atoms with van der Waals surface area (Å²) in [4.78, 5) is 16.4. The van der Waals surface area contributed by atoms with Gasteiger partial charge in [0, 0.05) is 23.3 Å². The van der Waals surface area contributed by atoms with Gasteiger partial charge in [0.25, 0.3) is 5.91 Å². The van der Waals surface area contributed by atoms with Crippen LogP contribution in [0.2, 0.25) is 0 Å². The number of carbonyl (C=O) groups is 1. The third-order valence-corrected chi connectivity index (χ3v) is 4.05. The Hall–Kier alpha value is -2.68. The van der Waals surface area contributed by atoms with Gasteiger partial charge in [0.05, 0.1) is 11.2 Å². The first-order valence-electron chi connectivity index (χ1n) is 7.65. The van der Waals surface area contributed by atoms with Crippen LogP contribution in [0.25, 0.3) is 22.2 Å². The van der Waals surface area contributed by atoms with Gasteiger partial charge in [-0.2, -0.15) is 0 Å². The quantitative estimate of drug-likeness (QED) is 0.636. The lowest BCUT2D eigenvalue weighted by molar-refractivity contribution is 0.0974. The molecule has 0 unspecified atom stereocenters. The van der Waals surface area contributed by atoms with Gasteiger partial charge in [-0.15, -0.1) is 0 Å². The number of fused-ring (bicyclic) bond motifs is 1. The fourth-order valence-corrected chi connectivity index (χ4v) is 2.72. The fourth-order valence-electron chi connectivity index (χ4n) is 2.72. The van der Waals surface area contributed by atoms with Crippen molar-refractivity contribution in [2.75, 3.05) is 0 Å². The van der Waals surface area contributed by atoms with Crippen LogP contribution in [0, 0.1) is 0 Å². The van der Waals surface area contributed by atoms with Crippen LogP contribution < -0.4 is 0 Å². The Balaban J connectivity index is 2.12. The molecule has 0 spiro atoms. The fraction of sp³-hybridized carbons (Fsp3) is 0.200. The van der Waals surface area contributed by atoms with Crippen molar-refractivity contribution in [2.24, 2.45) is 0 Å². The molecule has 2 heterocycles. The first-order valence-corrected chi connectivity index (χ1v) is 7.65. The molecule has 3 nitrogen and oxygen atoms in total. The molecule has 3 aromatic rings. The Morgan fingerprint density at radius 2 is 1.83 bits per heavy atom. The van der Waals surface area contributed by atoms with E-state index in [0.29, 0.717) is 0 Å². The summed E-state index contributed by atoms with van der Waals surface area (Å²) in [6.07, 6.45) is 4.82. The van der Waals surface area contributed by atoms with E-state index in [1.807, 2.05) is 12.1 Å². The van der Waals surface area contributed by atoms with Gasteiger partial charge in [-0.3, -0.25) is 14.3 Å². The average Bonchev–Trinajstić information content (AvgIpc) is 2.97. The van der Waals surface area contributed by atoms with E-state index in [4.69, 9.17) is 0 Å². The highest BCUT2D eigenvalue weighted by Crippen LogP contribution is 2.29. The maximum absolute atomic E-state index is 11.9. The van der Waals surface area contributed by atoms with Crippen LogP contribution in [0.1, 0.15) is 31.1 Å². The van der Waals surface area contributed by atoms with Crippen molar-refractivity contribution in [1.82, 2.24) is 9.55 Å². The highest BCUT2D eigenvalue weighted by atomic mass is 16.1. The van der Waals surface area contributed by atoms with Crippen LogP contribution in [0.5, 0.6) is 0 Å². The molecule has 2 aromatic heterocycles. The molecule has 0 amide bonds. The number of rotatable bonds is 2. The largest absolute Gasteiger partial charge is 0.284 e. The smallest absolute Gasteiger partial charge is 0.254 e. The zero-order chi connectivity index (χ0) is 16.6. The van der Waals surface area contributed by atoms with E-state index in [9.17, 15) is 4.79 Å². The Morgan fingerprint density at radius 3 is 2.43 bits per heavy atom. The van der Waals surface area contributed by atoms with E-state index in [1.165, 1.54) is 11.6 Å². The summed E-state index contributed by atoms with van der Waals surface area (Å²) in [6, 6.07) is 12.2. The van der Waals surface area contributed by atoms with Crippen molar-refractivity contribution in [3.05, 3.63) is 67.0 Å². The molecule has 0 atom stereocenters. The summed E-state index contributed by atoms with van der Waals surface area (Å²) in [6.45, 7) is 10.1. The summed E-state index contributed by atoms with van der Waals surface area (Å²) in [5, 5.41) is 0.964. The lowest BCUT2D eigenvalue weighted by Crippen LogP contribution is -2.10. The Bertz CT molecular complexity index is 880. The topological polar surface area (TPSA) is 34.9 Å². The van der Waals surface area contributed by atoms with E-state index in [1.54, 1.807) is 17.0 Å². The second kappa shape index (κ2) is 5.51. The van der Waals surface area contributed by atoms with Crippen molar-refractivity contribution in [2.45, 2.75) is 26.2 Å². The van der Waals surface area contributed by atoms with Crippen molar-refractivity contribution in [1.29, 1.82) is 0 Å². The third kappa shape index (κ3) is 2.70. The molecule has 0 fully saturated rings. The predicted molar refractivity (Wildman–Crippen MR) is 94.7 cm³/mol. The summed E-state index contributed by atoms with van der Waals surface area (Å²) in [5.41, 5.74) is 4.19. The van der Waals surface area contributed by atoms with E-state index >= 15 is 0 Å². The molecular weight excluding hydrogens is 284 g/mol. The van der Waals surface area contributed by atoms with Gasteiger partial charge < -0.3 is 0 Å². The SMILES string of the molecule is C=CC(=O)n1ccc2c(-c3ccc(C(C)(C)C)cc3)nccc21. The highest BCUT2D eigenvalue weighted by molar-refractivity contribution is 6.01. The average molecular weight is 304 g/mol. The van der Waals surface area contributed by atoms with E-state index in [-0.39, 0.29) is 11.3 Å². The van der Waals surface area contributed by atoms with Crippen LogP contribution >= 0.6 is 0 Å². The Labute approximate surface area is 136 Å². The molecule has 1 aromatic carbocycles. The molecule has 3 heteroatoms. The zero-order valence-electron chi connectivity index (χ0n) is 13.7. The molecule has 0 saturated carbocycles. The third-order valence-electron chi connectivity index (χ3n) is 4.05.